The first-order valence-corrected chi connectivity index (χ1v) is 6.33. The number of benzene rings is 1. The predicted molar refractivity (Wildman–Crippen MR) is 75.4 cm³/mol. The van der Waals surface area contributed by atoms with Crippen LogP contribution < -0.4 is 15.8 Å². The van der Waals surface area contributed by atoms with Crippen LogP contribution in [0.2, 0.25) is 0 Å². The molecule has 0 fully saturated rings. The van der Waals surface area contributed by atoms with Crippen LogP contribution in [0.3, 0.4) is 0 Å². The van der Waals surface area contributed by atoms with Crippen molar-refractivity contribution in [1.29, 1.82) is 0 Å². The summed E-state index contributed by atoms with van der Waals surface area (Å²) in [4.78, 5) is 8.44. The van der Waals surface area contributed by atoms with Gasteiger partial charge in [0.2, 0.25) is 11.8 Å². The van der Waals surface area contributed by atoms with Gasteiger partial charge >= 0.3 is 0 Å². The van der Waals surface area contributed by atoms with Crippen molar-refractivity contribution in [3.63, 3.8) is 0 Å². The van der Waals surface area contributed by atoms with Crippen molar-refractivity contribution in [2.75, 3.05) is 11.9 Å². The fourth-order valence-electron chi connectivity index (χ4n) is 1.54. The van der Waals surface area contributed by atoms with E-state index >= 15 is 0 Å². The van der Waals surface area contributed by atoms with Gasteiger partial charge in [-0.2, -0.15) is 4.98 Å². The number of hydrogen-bond donors (Lipinski definition) is 2. The normalized spacial score (nSPS) is 10.2. The summed E-state index contributed by atoms with van der Waals surface area (Å²) in [5.41, 5.74) is 7.57. The number of nitrogens with two attached hydrogens (primary N) is 1. The Labute approximate surface area is 112 Å². The van der Waals surface area contributed by atoms with Crippen LogP contribution in [-0.4, -0.2) is 16.6 Å². The standard InChI is InChI=1S/C14H18N4O/c1-2-9-19-13-7-8-16-14(18-13)17-12-5-3-11(10-15)4-6-12/h3-8H,2,9-10,15H2,1H3,(H,16,17,18). The molecule has 0 unspecified atom stereocenters. The fourth-order valence-corrected chi connectivity index (χ4v) is 1.54. The van der Waals surface area contributed by atoms with Crippen molar-refractivity contribution in [3.8, 4) is 5.88 Å². The zero-order valence-electron chi connectivity index (χ0n) is 11.0. The number of nitrogens with one attached hydrogen (secondary N) is 1. The third-order valence-electron chi connectivity index (χ3n) is 2.53. The second-order valence-electron chi connectivity index (χ2n) is 4.09. The number of nitrogens with zero attached hydrogens (tertiary/aromatic N) is 2. The molecule has 2 aromatic rings. The summed E-state index contributed by atoms with van der Waals surface area (Å²) in [6, 6.07) is 9.59. The first kappa shape index (κ1) is 13.3. The summed E-state index contributed by atoms with van der Waals surface area (Å²) in [6.45, 7) is 3.25. The summed E-state index contributed by atoms with van der Waals surface area (Å²) in [6.07, 6.45) is 2.63. The molecule has 0 atom stereocenters. The molecule has 0 aliphatic rings. The van der Waals surface area contributed by atoms with Crippen LogP contribution in [0.1, 0.15) is 18.9 Å². The van der Waals surface area contributed by atoms with Gasteiger partial charge in [-0.25, -0.2) is 4.98 Å². The molecular formula is C14H18N4O. The zero-order chi connectivity index (χ0) is 13.5. The van der Waals surface area contributed by atoms with Gasteiger partial charge in [-0.3, -0.25) is 0 Å². The molecule has 19 heavy (non-hydrogen) atoms. The molecule has 0 saturated heterocycles. The Hall–Kier alpha value is -2.14. The first-order chi connectivity index (χ1) is 9.31. The van der Waals surface area contributed by atoms with Crippen LogP contribution in [0, 0.1) is 0 Å². The Morgan fingerprint density at radius 1 is 1.21 bits per heavy atom. The van der Waals surface area contributed by atoms with E-state index in [4.69, 9.17) is 10.5 Å². The van der Waals surface area contributed by atoms with Gasteiger partial charge in [0.05, 0.1) is 6.61 Å². The molecule has 0 amide bonds. The fraction of sp³-hybridized carbons (Fsp3) is 0.286. The van der Waals surface area contributed by atoms with Crippen LogP contribution in [0.25, 0.3) is 0 Å². The molecule has 0 aliphatic carbocycles. The van der Waals surface area contributed by atoms with E-state index in [1.807, 2.05) is 24.3 Å². The second kappa shape index (κ2) is 6.70. The highest BCUT2D eigenvalue weighted by Crippen LogP contribution is 2.15. The van der Waals surface area contributed by atoms with Gasteiger partial charge in [-0.15, -0.1) is 0 Å². The van der Waals surface area contributed by atoms with Gasteiger partial charge in [0, 0.05) is 24.5 Å². The van der Waals surface area contributed by atoms with Crippen molar-refractivity contribution >= 4 is 11.6 Å². The molecule has 1 heterocycles. The van der Waals surface area contributed by atoms with Crippen molar-refractivity contribution < 1.29 is 4.74 Å². The highest BCUT2D eigenvalue weighted by atomic mass is 16.5. The summed E-state index contributed by atoms with van der Waals surface area (Å²) in [7, 11) is 0. The maximum absolute atomic E-state index is 5.56. The number of rotatable bonds is 6. The lowest BCUT2D eigenvalue weighted by atomic mass is 10.2. The average Bonchev–Trinajstić information content (AvgIpc) is 2.46. The molecule has 0 radical (unpaired) electrons. The predicted octanol–water partition coefficient (Wildman–Crippen LogP) is 2.47. The highest BCUT2D eigenvalue weighted by molar-refractivity contribution is 5.53. The van der Waals surface area contributed by atoms with Crippen molar-refractivity contribution in [2.24, 2.45) is 5.73 Å². The smallest absolute Gasteiger partial charge is 0.230 e. The number of ether oxygens (including phenoxy) is 1. The maximum atomic E-state index is 5.56. The molecule has 2 rings (SSSR count). The molecular weight excluding hydrogens is 240 g/mol. The highest BCUT2D eigenvalue weighted by Gasteiger charge is 2.01. The minimum Gasteiger partial charge on any atom is -0.478 e. The molecule has 5 nitrogen and oxygen atoms in total. The van der Waals surface area contributed by atoms with E-state index < -0.39 is 0 Å². The zero-order valence-corrected chi connectivity index (χ0v) is 11.0. The summed E-state index contributed by atoms with van der Waals surface area (Å²) in [5, 5.41) is 3.13. The molecule has 1 aromatic carbocycles. The minimum atomic E-state index is 0.522. The van der Waals surface area contributed by atoms with Gasteiger partial charge in [-0.1, -0.05) is 19.1 Å². The molecule has 1 aromatic heterocycles. The van der Waals surface area contributed by atoms with E-state index in [0.29, 0.717) is 25.0 Å². The molecule has 5 heteroatoms. The largest absolute Gasteiger partial charge is 0.478 e. The van der Waals surface area contributed by atoms with E-state index in [0.717, 1.165) is 17.7 Å². The van der Waals surface area contributed by atoms with Crippen molar-refractivity contribution in [1.82, 2.24) is 9.97 Å². The Morgan fingerprint density at radius 3 is 2.68 bits per heavy atom. The number of hydrogen-bond acceptors (Lipinski definition) is 5. The minimum absolute atomic E-state index is 0.522. The Morgan fingerprint density at radius 2 is 2.00 bits per heavy atom. The van der Waals surface area contributed by atoms with Gasteiger partial charge < -0.3 is 15.8 Å². The van der Waals surface area contributed by atoms with Crippen LogP contribution in [0.15, 0.2) is 36.5 Å². The molecule has 0 spiro atoms. The van der Waals surface area contributed by atoms with Crippen LogP contribution in [0.5, 0.6) is 5.88 Å². The van der Waals surface area contributed by atoms with E-state index in [9.17, 15) is 0 Å². The van der Waals surface area contributed by atoms with E-state index in [-0.39, 0.29) is 0 Å². The molecule has 3 N–H and O–H groups in total. The monoisotopic (exact) mass is 258 g/mol. The molecule has 100 valence electrons. The van der Waals surface area contributed by atoms with E-state index in [2.05, 4.69) is 22.2 Å². The van der Waals surface area contributed by atoms with Crippen LogP contribution in [-0.2, 0) is 6.54 Å². The third-order valence-corrected chi connectivity index (χ3v) is 2.53. The Balaban J connectivity index is 2.05. The van der Waals surface area contributed by atoms with Gasteiger partial charge in [0.15, 0.2) is 0 Å². The van der Waals surface area contributed by atoms with Gasteiger partial charge in [0.25, 0.3) is 0 Å². The van der Waals surface area contributed by atoms with E-state index in [1.54, 1.807) is 12.3 Å². The lowest BCUT2D eigenvalue weighted by Crippen LogP contribution is -2.02. The number of aromatic nitrogens is 2. The first-order valence-electron chi connectivity index (χ1n) is 6.33. The second-order valence-corrected chi connectivity index (χ2v) is 4.09. The van der Waals surface area contributed by atoms with E-state index in [1.165, 1.54) is 0 Å². The summed E-state index contributed by atoms with van der Waals surface area (Å²) in [5.74, 6) is 1.10. The average molecular weight is 258 g/mol. The summed E-state index contributed by atoms with van der Waals surface area (Å²) < 4.78 is 5.46. The Bertz CT molecular complexity index is 513. The molecule has 0 aliphatic heterocycles. The number of anilines is 2. The maximum Gasteiger partial charge on any atom is 0.230 e. The van der Waals surface area contributed by atoms with Crippen LogP contribution in [0.4, 0.5) is 11.6 Å². The quantitative estimate of drug-likeness (QED) is 0.832. The lowest BCUT2D eigenvalue weighted by Gasteiger charge is -2.07. The van der Waals surface area contributed by atoms with Gasteiger partial charge in [0.1, 0.15) is 0 Å². The lowest BCUT2D eigenvalue weighted by molar-refractivity contribution is 0.305. The topological polar surface area (TPSA) is 73.1 Å². The third kappa shape index (κ3) is 3.93. The molecule has 0 saturated carbocycles. The summed E-state index contributed by atoms with van der Waals surface area (Å²) >= 11 is 0. The van der Waals surface area contributed by atoms with Crippen molar-refractivity contribution in [2.45, 2.75) is 19.9 Å². The van der Waals surface area contributed by atoms with Gasteiger partial charge in [-0.05, 0) is 24.1 Å². The molecule has 0 bridgehead atoms. The van der Waals surface area contributed by atoms with Crippen LogP contribution >= 0.6 is 0 Å². The Kier molecular flexibility index (Phi) is 4.69. The van der Waals surface area contributed by atoms with Crippen molar-refractivity contribution in [3.05, 3.63) is 42.1 Å². The SMILES string of the molecule is CCCOc1ccnc(Nc2ccc(CN)cc2)n1.